The van der Waals surface area contributed by atoms with Crippen LogP contribution in [-0.4, -0.2) is 17.0 Å². The molecule has 0 radical (unpaired) electrons. The van der Waals surface area contributed by atoms with Gasteiger partial charge >= 0.3 is 0 Å². The molecule has 3 heteroatoms. The molecule has 0 aromatic heterocycles. The molecule has 1 saturated heterocycles. The largest absolute Gasteiger partial charge is 0.487 e. The first-order chi connectivity index (χ1) is 9.43. The Bertz CT molecular complexity index is 550. The number of hydrogen-bond acceptors (Lipinski definition) is 2. The SMILES string of the molecule is CCC1(Cc2cccc3c2OC(C)(C)C3)CCC(=O)N1. The monoisotopic (exact) mass is 273 g/mol. The van der Waals surface area contributed by atoms with Crippen molar-refractivity contribution in [1.82, 2.24) is 5.32 Å². The van der Waals surface area contributed by atoms with Gasteiger partial charge in [-0.1, -0.05) is 25.1 Å². The van der Waals surface area contributed by atoms with Crippen LogP contribution < -0.4 is 10.1 Å². The first kappa shape index (κ1) is 13.5. The van der Waals surface area contributed by atoms with E-state index in [0.29, 0.717) is 6.42 Å². The summed E-state index contributed by atoms with van der Waals surface area (Å²) in [6.45, 7) is 6.41. The van der Waals surface area contributed by atoms with Crippen LogP contribution >= 0.6 is 0 Å². The number of nitrogens with one attached hydrogen (secondary N) is 1. The highest BCUT2D eigenvalue weighted by atomic mass is 16.5. The molecule has 1 N–H and O–H groups in total. The Morgan fingerprint density at radius 3 is 2.80 bits per heavy atom. The number of benzene rings is 1. The zero-order chi connectivity index (χ0) is 14.4. The maximum atomic E-state index is 11.6. The molecule has 2 aliphatic rings. The summed E-state index contributed by atoms with van der Waals surface area (Å²) in [5.74, 6) is 1.23. The summed E-state index contributed by atoms with van der Waals surface area (Å²) < 4.78 is 6.14. The minimum absolute atomic E-state index is 0.0811. The van der Waals surface area contributed by atoms with E-state index in [-0.39, 0.29) is 17.0 Å². The minimum atomic E-state index is -0.114. The van der Waals surface area contributed by atoms with Crippen LogP contribution in [0.25, 0.3) is 0 Å². The Morgan fingerprint density at radius 1 is 1.35 bits per heavy atom. The van der Waals surface area contributed by atoms with Crippen LogP contribution in [-0.2, 0) is 17.6 Å². The fourth-order valence-corrected chi connectivity index (χ4v) is 3.48. The maximum absolute atomic E-state index is 11.6. The van der Waals surface area contributed by atoms with Gasteiger partial charge in [0, 0.05) is 18.4 Å². The third-order valence-corrected chi connectivity index (χ3v) is 4.61. The average molecular weight is 273 g/mol. The second-order valence-electron chi connectivity index (χ2n) is 6.80. The molecule has 1 atom stereocenters. The van der Waals surface area contributed by atoms with Gasteiger partial charge in [0.05, 0.1) is 0 Å². The molecule has 0 spiro atoms. The van der Waals surface area contributed by atoms with E-state index in [9.17, 15) is 4.79 Å². The lowest BCUT2D eigenvalue weighted by molar-refractivity contribution is -0.119. The summed E-state index contributed by atoms with van der Waals surface area (Å²) >= 11 is 0. The van der Waals surface area contributed by atoms with Crippen molar-refractivity contribution in [3.8, 4) is 5.75 Å². The van der Waals surface area contributed by atoms with E-state index in [2.05, 4.69) is 44.3 Å². The van der Waals surface area contributed by atoms with Crippen LogP contribution in [0, 0.1) is 0 Å². The zero-order valence-electron chi connectivity index (χ0n) is 12.6. The Balaban J connectivity index is 1.90. The van der Waals surface area contributed by atoms with Crippen molar-refractivity contribution in [3.63, 3.8) is 0 Å². The molecular formula is C17H23NO2. The molecule has 1 amide bonds. The smallest absolute Gasteiger partial charge is 0.220 e. The normalized spacial score (nSPS) is 27.1. The number of para-hydroxylation sites is 1. The minimum Gasteiger partial charge on any atom is -0.487 e. The Hall–Kier alpha value is -1.51. The maximum Gasteiger partial charge on any atom is 0.220 e. The number of ether oxygens (including phenoxy) is 1. The van der Waals surface area contributed by atoms with Gasteiger partial charge in [0.2, 0.25) is 5.91 Å². The van der Waals surface area contributed by atoms with Crippen LogP contribution in [0.15, 0.2) is 18.2 Å². The molecule has 3 nitrogen and oxygen atoms in total. The van der Waals surface area contributed by atoms with E-state index in [1.165, 1.54) is 11.1 Å². The van der Waals surface area contributed by atoms with Gasteiger partial charge in [-0.2, -0.15) is 0 Å². The van der Waals surface area contributed by atoms with E-state index in [1.54, 1.807) is 0 Å². The van der Waals surface area contributed by atoms with Crippen molar-refractivity contribution >= 4 is 5.91 Å². The fraction of sp³-hybridized carbons (Fsp3) is 0.588. The molecule has 108 valence electrons. The average Bonchev–Trinajstić information content (AvgIpc) is 2.90. The Kier molecular flexibility index (Phi) is 3.03. The molecule has 20 heavy (non-hydrogen) atoms. The number of rotatable bonds is 3. The predicted octanol–water partition coefficient (Wildman–Crippen LogP) is 3.00. The van der Waals surface area contributed by atoms with Gasteiger partial charge in [0.25, 0.3) is 0 Å². The van der Waals surface area contributed by atoms with Gasteiger partial charge < -0.3 is 10.1 Å². The number of hydrogen-bond donors (Lipinski definition) is 1. The summed E-state index contributed by atoms with van der Waals surface area (Å²) in [6, 6.07) is 6.40. The van der Waals surface area contributed by atoms with Gasteiger partial charge in [-0.3, -0.25) is 4.79 Å². The molecular weight excluding hydrogens is 250 g/mol. The van der Waals surface area contributed by atoms with E-state index < -0.39 is 0 Å². The lowest BCUT2D eigenvalue weighted by Gasteiger charge is -2.29. The van der Waals surface area contributed by atoms with E-state index in [4.69, 9.17) is 4.74 Å². The van der Waals surface area contributed by atoms with Crippen LogP contribution in [0.5, 0.6) is 5.75 Å². The highest BCUT2D eigenvalue weighted by molar-refractivity contribution is 5.79. The second-order valence-corrected chi connectivity index (χ2v) is 6.80. The summed E-state index contributed by atoms with van der Waals surface area (Å²) in [5, 5.41) is 3.18. The van der Waals surface area contributed by atoms with Crippen LogP contribution in [0.1, 0.15) is 51.2 Å². The number of fused-ring (bicyclic) bond motifs is 1. The van der Waals surface area contributed by atoms with Gasteiger partial charge in [0.1, 0.15) is 11.4 Å². The van der Waals surface area contributed by atoms with Gasteiger partial charge in [0.15, 0.2) is 0 Å². The molecule has 1 fully saturated rings. The summed E-state index contributed by atoms with van der Waals surface area (Å²) in [7, 11) is 0. The van der Waals surface area contributed by atoms with Crippen molar-refractivity contribution in [2.75, 3.05) is 0 Å². The fourth-order valence-electron chi connectivity index (χ4n) is 3.48. The van der Waals surface area contributed by atoms with Gasteiger partial charge in [-0.15, -0.1) is 0 Å². The third kappa shape index (κ3) is 2.30. The molecule has 2 aliphatic heterocycles. The molecule has 0 bridgehead atoms. The standard InChI is InChI=1S/C17H23NO2/c1-4-17(9-8-14(19)18-17)11-13-7-5-6-12-10-16(2,3)20-15(12)13/h5-7H,4,8-11H2,1-3H3,(H,18,19). The summed E-state index contributed by atoms with van der Waals surface area (Å²) in [6.07, 6.45) is 4.37. The first-order valence-corrected chi connectivity index (χ1v) is 7.54. The van der Waals surface area contributed by atoms with E-state index in [0.717, 1.165) is 31.4 Å². The van der Waals surface area contributed by atoms with E-state index >= 15 is 0 Å². The molecule has 3 rings (SSSR count). The number of carbonyl (C=O) groups is 1. The van der Waals surface area contributed by atoms with Crippen molar-refractivity contribution in [2.45, 2.75) is 64.0 Å². The number of carbonyl (C=O) groups excluding carboxylic acids is 1. The molecule has 1 unspecified atom stereocenters. The van der Waals surface area contributed by atoms with Crippen LogP contribution in [0.4, 0.5) is 0 Å². The summed E-state index contributed by atoms with van der Waals surface area (Å²) in [4.78, 5) is 11.6. The van der Waals surface area contributed by atoms with Crippen LogP contribution in [0.2, 0.25) is 0 Å². The third-order valence-electron chi connectivity index (χ3n) is 4.61. The van der Waals surface area contributed by atoms with Gasteiger partial charge in [-0.05, 0) is 44.2 Å². The Labute approximate surface area is 120 Å². The quantitative estimate of drug-likeness (QED) is 0.919. The zero-order valence-corrected chi connectivity index (χ0v) is 12.6. The van der Waals surface area contributed by atoms with Crippen molar-refractivity contribution in [2.24, 2.45) is 0 Å². The predicted molar refractivity (Wildman–Crippen MR) is 79.0 cm³/mol. The van der Waals surface area contributed by atoms with E-state index in [1.807, 2.05) is 0 Å². The lowest BCUT2D eigenvalue weighted by atomic mass is 9.86. The van der Waals surface area contributed by atoms with Crippen molar-refractivity contribution in [1.29, 1.82) is 0 Å². The van der Waals surface area contributed by atoms with Crippen molar-refractivity contribution < 1.29 is 9.53 Å². The first-order valence-electron chi connectivity index (χ1n) is 7.54. The topological polar surface area (TPSA) is 38.3 Å². The van der Waals surface area contributed by atoms with Gasteiger partial charge in [-0.25, -0.2) is 0 Å². The highest BCUT2D eigenvalue weighted by Gasteiger charge is 2.38. The molecule has 2 heterocycles. The lowest BCUT2D eigenvalue weighted by Crippen LogP contribution is -2.43. The summed E-state index contributed by atoms with van der Waals surface area (Å²) in [5.41, 5.74) is 2.33. The van der Waals surface area contributed by atoms with Crippen LogP contribution in [0.3, 0.4) is 0 Å². The molecule has 0 saturated carbocycles. The molecule has 1 aromatic rings. The second kappa shape index (κ2) is 4.51. The molecule has 1 aromatic carbocycles. The Morgan fingerprint density at radius 2 is 2.15 bits per heavy atom. The van der Waals surface area contributed by atoms with Crippen molar-refractivity contribution in [3.05, 3.63) is 29.3 Å². The highest BCUT2D eigenvalue weighted by Crippen LogP contribution is 2.40. The molecule has 0 aliphatic carbocycles. The number of amides is 1.